The molecule has 0 atom stereocenters. The zero-order chi connectivity index (χ0) is 21.3. The maximum atomic E-state index is 3.99. The van der Waals surface area contributed by atoms with E-state index in [1.165, 1.54) is 75.8 Å². The van der Waals surface area contributed by atoms with Gasteiger partial charge in [-0.3, -0.25) is 0 Å². The van der Waals surface area contributed by atoms with Gasteiger partial charge in [-0.15, -0.1) is 0 Å². The number of aromatic nitrogens is 1. The minimum absolute atomic E-state index is 0.207. The van der Waals surface area contributed by atoms with E-state index in [-0.39, 0.29) is 5.41 Å². The largest absolute Gasteiger partial charge is 0.354 e. The number of H-pyrrole nitrogens is 1. The monoisotopic (exact) mass is 425 g/mol. The van der Waals surface area contributed by atoms with E-state index in [0.717, 1.165) is 23.7 Å². The molecule has 5 aliphatic rings. The molecule has 5 aliphatic carbocycles. The third-order valence-corrected chi connectivity index (χ3v) is 10.1. The van der Waals surface area contributed by atoms with Gasteiger partial charge in [-0.1, -0.05) is 60.7 Å². The fourth-order valence-corrected chi connectivity index (χ4v) is 9.30. The van der Waals surface area contributed by atoms with Gasteiger partial charge in [0.05, 0.1) is 5.52 Å². The van der Waals surface area contributed by atoms with Gasteiger partial charge in [0.2, 0.25) is 0 Å². The van der Waals surface area contributed by atoms with Gasteiger partial charge in [-0.25, -0.2) is 0 Å². The number of hydrogen-bond acceptors (Lipinski definition) is 0. The smallest absolute Gasteiger partial charge is 0.0513 e. The predicted molar refractivity (Wildman–Crippen MR) is 137 cm³/mol. The molecule has 10 rings (SSSR count). The molecule has 1 heteroatoms. The van der Waals surface area contributed by atoms with E-state index in [1.54, 1.807) is 11.1 Å². The van der Waals surface area contributed by atoms with Crippen molar-refractivity contribution in [1.82, 2.24) is 4.98 Å². The van der Waals surface area contributed by atoms with E-state index >= 15 is 0 Å². The maximum Gasteiger partial charge on any atom is 0.0513 e. The quantitative estimate of drug-likeness (QED) is 0.257. The van der Waals surface area contributed by atoms with Crippen LogP contribution in [0.5, 0.6) is 0 Å². The first kappa shape index (κ1) is 17.4. The molecule has 0 unspecified atom stereocenters. The van der Waals surface area contributed by atoms with Crippen LogP contribution >= 0.6 is 0 Å². The first-order valence-corrected chi connectivity index (χ1v) is 12.9. The van der Waals surface area contributed by atoms with Crippen molar-refractivity contribution in [2.24, 2.45) is 23.7 Å². The summed E-state index contributed by atoms with van der Waals surface area (Å²) in [6.45, 7) is 0. The lowest BCUT2D eigenvalue weighted by molar-refractivity contribution is -0.0394. The van der Waals surface area contributed by atoms with Crippen LogP contribution in [0.4, 0.5) is 0 Å². The number of rotatable bonds is 0. The Balaban J connectivity index is 1.43. The molecule has 33 heavy (non-hydrogen) atoms. The zero-order valence-electron chi connectivity index (χ0n) is 18.8. The summed E-state index contributed by atoms with van der Waals surface area (Å²) in [6, 6.07) is 27.8. The summed E-state index contributed by atoms with van der Waals surface area (Å²) in [7, 11) is 0. The number of benzene rings is 4. The van der Waals surface area contributed by atoms with Crippen molar-refractivity contribution in [2.45, 2.75) is 37.5 Å². The molecular weight excluding hydrogens is 398 g/mol. The minimum atomic E-state index is 0.207. The fourth-order valence-electron chi connectivity index (χ4n) is 9.30. The Hall–Kier alpha value is -3.06. The summed E-state index contributed by atoms with van der Waals surface area (Å²) in [6.07, 6.45) is 7.23. The highest BCUT2D eigenvalue weighted by molar-refractivity contribution is 6.14. The number of fused-ring (bicyclic) bond motifs is 8. The molecule has 1 heterocycles. The molecule has 4 fully saturated rings. The van der Waals surface area contributed by atoms with E-state index in [9.17, 15) is 0 Å². The summed E-state index contributed by atoms with van der Waals surface area (Å²) in [4.78, 5) is 3.99. The Morgan fingerprint density at radius 3 is 2.12 bits per heavy atom. The van der Waals surface area contributed by atoms with Crippen molar-refractivity contribution in [3.63, 3.8) is 0 Å². The molecule has 1 N–H and O–H groups in total. The maximum absolute atomic E-state index is 3.99. The van der Waals surface area contributed by atoms with Gasteiger partial charge in [0.15, 0.2) is 0 Å². The topological polar surface area (TPSA) is 15.8 Å². The number of nitrogens with one attached hydrogen (secondary N) is 1. The standard InChI is InChI=1S/C32H27N/c1-2-6-21-17-29-27(16-20(21)5-1)26-10-9-25-24-7-3-4-8-28(24)32(30(25)31(26)33-29)22-12-18-11-19(14-22)15-23(32)13-18/h1-10,16-19,22-23,33H,11-15H2. The SMILES string of the molecule is c1ccc2c(c1)-c1ccc3c([nH]c4cc5ccccc5cc43)c1C21C2CC3CC(C2)CC1C3. The highest BCUT2D eigenvalue weighted by atomic mass is 14.7. The highest BCUT2D eigenvalue weighted by Crippen LogP contribution is 2.70. The lowest BCUT2D eigenvalue weighted by Crippen LogP contribution is -2.55. The first-order chi connectivity index (χ1) is 16.3. The third kappa shape index (κ3) is 1.94. The molecule has 4 aromatic carbocycles. The van der Waals surface area contributed by atoms with Crippen LogP contribution in [-0.2, 0) is 5.41 Å². The molecule has 0 aliphatic heterocycles. The molecule has 1 spiro atoms. The highest BCUT2D eigenvalue weighted by Gasteiger charge is 2.62. The van der Waals surface area contributed by atoms with Crippen molar-refractivity contribution in [1.29, 1.82) is 0 Å². The van der Waals surface area contributed by atoms with Crippen LogP contribution < -0.4 is 0 Å². The van der Waals surface area contributed by atoms with Crippen molar-refractivity contribution < 1.29 is 0 Å². The molecule has 4 bridgehead atoms. The van der Waals surface area contributed by atoms with Gasteiger partial charge in [0.25, 0.3) is 0 Å². The van der Waals surface area contributed by atoms with Gasteiger partial charge >= 0.3 is 0 Å². The van der Waals surface area contributed by atoms with Crippen LogP contribution in [0.15, 0.2) is 72.8 Å². The van der Waals surface area contributed by atoms with Crippen LogP contribution in [0.1, 0.15) is 43.2 Å². The van der Waals surface area contributed by atoms with Gasteiger partial charge in [0.1, 0.15) is 0 Å². The van der Waals surface area contributed by atoms with Crippen molar-refractivity contribution in [2.75, 3.05) is 0 Å². The molecule has 160 valence electrons. The van der Waals surface area contributed by atoms with E-state index in [2.05, 4.69) is 77.8 Å². The normalized spacial score (nSPS) is 31.2. The third-order valence-electron chi connectivity index (χ3n) is 10.1. The molecule has 1 nitrogen and oxygen atoms in total. The number of aromatic amines is 1. The van der Waals surface area contributed by atoms with E-state index in [4.69, 9.17) is 0 Å². The lowest BCUT2D eigenvalue weighted by Gasteiger charge is -2.61. The van der Waals surface area contributed by atoms with Crippen molar-refractivity contribution in [3.05, 3.63) is 83.9 Å². The molecule has 0 saturated heterocycles. The Morgan fingerprint density at radius 2 is 1.33 bits per heavy atom. The zero-order valence-corrected chi connectivity index (χ0v) is 18.8. The Bertz CT molecular complexity index is 1610. The van der Waals surface area contributed by atoms with Gasteiger partial charge in [-0.2, -0.15) is 0 Å². The van der Waals surface area contributed by atoms with Gasteiger partial charge in [0, 0.05) is 21.7 Å². The van der Waals surface area contributed by atoms with Gasteiger partial charge < -0.3 is 4.98 Å². The molecule has 5 aromatic rings. The second kappa shape index (κ2) is 5.70. The predicted octanol–water partition coefficient (Wildman–Crippen LogP) is 8.20. The van der Waals surface area contributed by atoms with E-state index in [1.807, 2.05) is 0 Å². The van der Waals surface area contributed by atoms with Crippen LogP contribution in [0.25, 0.3) is 43.7 Å². The summed E-state index contributed by atoms with van der Waals surface area (Å²) in [5, 5.41) is 5.44. The van der Waals surface area contributed by atoms with Crippen molar-refractivity contribution >= 4 is 32.6 Å². The first-order valence-electron chi connectivity index (χ1n) is 12.9. The van der Waals surface area contributed by atoms with Crippen LogP contribution in [0.2, 0.25) is 0 Å². The second-order valence-electron chi connectivity index (χ2n) is 11.5. The average molecular weight is 426 g/mol. The van der Waals surface area contributed by atoms with Crippen LogP contribution in [-0.4, -0.2) is 4.98 Å². The lowest BCUT2D eigenvalue weighted by atomic mass is 9.43. The van der Waals surface area contributed by atoms with Crippen LogP contribution in [0, 0.1) is 23.7 Å². The minimum Gasteiger partial charge on any atom is -0.354 e. The van der Waals surface area contributed by atoms with Crippen LogP contribution in [0.3, 0.4) is 0 Å². The average Bonchev–Trinajstić information content (AvgIpc) is 3.34. The molecular formula is C32H27N. The second-order valence-corrected chi connectivity index (χ2v) is 11.5. The number of hydrogen-bond donors (Lipinski definition) is 1. The molecule has 0 radical (unpaired) electrons. The summed E-state index contributed by atoms with van der Waals surface area (Å²) < 4.78 is 0. The van der Waals surface area contributed by atoms with Gasteiger partial charge in [-0.05, 0) is 101 Å². The Labute approximate surface area is 193 Å². The Kier molecular flexibility index (Phi) is 3.01. The molecule has 4 saturated carbocycles. The molecule has 1 aromatic heterocycles. The summed E-state index contributed by atoms with van der Waals surface area (Å²) in [5.74, 6) is 3.54. The fraction of sp³-hybridized carbons (Fsp3) is 0.312. The van der Waals surface area contributed by atoms with Crippen molar-refractivity contribution in [3.8, 4) is 11.1 Å². The van der Waals surface area contributed by atoms with E-state index in [0.29, 0.717) is 0 Å². The van der Waals surface area contributed by atoms with E-state index < -0.39 is 0 Å². The summed E-state index contributed by atoms with van der Waals surface area (Å²) >= 11 is 0. The summed E-state index contributed by atoms with van der Waals surface area (Å²) in [5.41, 5.74) is 9.21. The molecule has 0 amide bonds. The Morgan fingerprint density at radius 1 is 0.636 bits per heavy atom.